The number of aromatic amines is 1. The molecule has 6 nitrogen and oxygen atoms in total. The molecular weight excluding hydrogens is 228 g/mol. The molecule has 0 aliphatic heterocycles. The van der Waals surface area contributed by atoms with Crippen molar-refractivity contribution in [2.45, 2.75) is 12.8 Å². The summed E-state index contributed by atoms with van der Waals surface area (Å²) >= 11 is 0. The molecule has 92 valence electrons. The van der Waals surface area contributed by atoms with Gasteiger partial charge >= 0.3 is 0 Å². The molecule has 0 bridgehead atoms. The molecule has 0 spiro atoms. The quantitative estimate of drug-likeness (QED) is 0.539. The number of rotatable bonds is 8. The maximum absolute atomic E-state index is 11.5. The first-order valence-corrected chi connectivity index (χ1v) is 6.88. The standard InChI is InChI=1S/C9H18N4O2S/c1-10-4-2-6-16(14,15)13-5-3-9-7-11-8-12-9/h7-8,10,13H,2-6H2,1H3,(H,11,12). The molecule has 0 radical (unpaired) electrons. The fourth-order valence-corrected chi connectivity index (χ4v) is 2.36. The van der Waals surface area contributed by atoms with Crippen LogP contribution >= 0.6 is 0 Å². The van der Waals surface area contributed by atoms with Crippen molar-refractivity contribution in [3.63, 3.8) is 0 Å². The van der Waals surface area contributed by atoms with Gasteiger partial charge in [-0.1, -0.05) is 0 Å². The van der Waals surface area contributed by atoms with Gasteiger partial charge in [0.05, 0.1) is 12.1 Å². The zero-order valence-corrected chi connectivity index (χ0v) is 10.2. The Bertz CT molecular complexity index is 374. The summed E-state index contributed by atoms with van der Waals surface area (Å²) in [5, 5.41) is 2.91. The highest BCUT2D eigenvalue weighted by Gasteiger charge is 2.08. The molecule has 3 N–H and O–H groups in total. The molecule has 0 fully saturated rings. The summed E-state index contributed by atoms with van der Waals surface area (Å²) in [7, 11) is -1.33. The van der Waals surface area contributed by atoms with E-state index in [4.69, 9.17) is 0 Å². The van der Waals surface area contributed by atoms with Crippen LogP contribution in [0.2, 0.25) is 0 Å². The summed E-state index contributed by atoms with van der Waals surface area (Å²) in [6.45, 7) is 1.12. The smallest absolute Gasteiger partial charge is 0.211 e. The van der Waals surface area contributed by atoms with Crippen molar-refractivity contribution in [1.82, 2.24) is 20.0 Å². The second-order valence-corrected chi connectivity index (χ2v) is 5.42. The largest absolute Gasteiger partial charge is 0.348 e. The SMILES string of the molecule is CNCCCS(=O)(=O)NCCc1cnc[nH]1. The molecular formula is C9H18N4O2S. The molecule has 0 unspecified atom stereocenters. The summed E-state index contributed by atoms with van der Waals surface area (Å²) in [6, 6.07) is 0. The van der Waals surface area contributed by atoms with Crippen LogP contribution in [0.15, 0.2) is 12.5 Å². The Labute approximate surface area is 95.9 Å². The van der Waals surface area contributed by atoms with Gasteiger partial charge in [0.15, 0.2) is 0 Å². The van der Waals surface area contributed by atoms with Gasteiger partial charge in [0.25, 0.3) is 0 Å². The van der Waals surface area contributed by atoms with Crippen molar-refractivity contribution >= 4 is 10.0 Å². The topological polar surface area (TPSA) is 86.9 Å². The molecule has 7 heteroatoms. The van der Waals surface area contributed by atoms with Gasteiger partial charge in [-0.3, -0.25) is 0 Å². The average molecular weight is 246 g/mol. The Balaban J connectivity index is 2.20. The van der Waals surface area contributed by atoms with E-state index in [0.29, 0.717) is 25.9 Å². The molecule has 1 heterocycles. The minimum absolute atomic E-state index is 0.164. The van der Waals surface area contributed by atoms with E-state index in [2.05, 4.69) is 20.0 Å². The van der Waals surface area contributed by atoms with Crippen LogP contribution in [-0.2, 0) is 16.4 Å². The first-order chi connectivity index (χ1) is 7.64. The van der Waals surface area contributed by atoms with Crippen LogP contribution in [0.1, 0.15) is 12.1 Å². The molecule has 0 saturated carbocycles. The highest BCUT2D eigenvalue weighted by atomic mass is 32.2. The number of H-pyrrole nitrogens is 1. The van der Waals surface area contributed by atoms with E-state index in [1.165, 1.54) is 0 Å². The predicted octanol–water partition coefficient (Wildman–Crippen LogP) is -0.519. The first-order valence-electron chi connectivity index (χ1n) is 5.23. The molecule has 1 aromatic heterocycles. The van der Waals surface area contributed by atoms with Gasteiger partial charge in [0.1, 0.15) is 0 Å². The van der Waals surface area contributed by atoms with Crippen LogP contribution in [0, 0.1) is 0 Å². The molecule has 1 rings (SSSR count). The Morgan fingerprint density at radius 1 is 1.44 bits per heavy atom. The van der Waals surface area contributed by atoms with Gasteiger partial charge in [-0.05, 0) is 20.0 Å². The third-order valence-electron chi connectivity index (χ3n) is 2.11. The van der Waals surface area contributed by atoms with Crippen LogP contribution < -0.4 is 10.0 Å². The Hall–Kier alpha value is -0.920. The number of sulfonamides is 1. The van der Waals surface area contributed by atoms with Crippen molar-refractivity contribution < 1.29 is 8.42 Å². The lowest BCUT2D eigenvalue weighted by Crippen LogP contribution is -2.29. The van der Waals surface area contributed by atoms with Crippen molar-refractivity contribution in [1.29, 1.82) is 0 Å². The van der Waals surface area contributed by atoms with E-state index >= 15 is 0 Å². The summed E-state index contributed by atoms with van der Waals surface area (Å²) in [4.78, 5) is 6.78. The maximum Gasteiger partial charge on any atom is 0.211 e. The second-order valence-electron chi connectivity index (χ2n) is 3.50. The lowest BCUT2D eigenvalue weighted by Gasteiger charge is -2.05. The highest BCUT2D eigenvalue weighted by Crippen LogP contribution is 1.93. The summed E-state index contributed by atoms with van der Waals surface area (Å²) in [6.07, 6.45) is 4.52. The summed E-state index contributed by atoms with van der Waals surface area (Å²) in [5.74, 6) is 0.164. The summed E-state index contributed by atoms with van der Waals surface area (Å²) in [5.41, 5.74) is 0.929. The van der Waals surface area contributed by atoms with Crippen molar-refractivity contribution in [3.05, 3.63) is 18.2 Å². The number of aromatic nitrogens is 2. The zero-order chi connectivity index (χ0) is 11.9. The lowest BCUT2D eigenvalue weighted by atomic mass is 10.3. The maximum atomic E-state index is 11.5. The van der Waals surface area contributed by atoms with Crippen LogP contribution in [0.5, 0.6) is 0 Å². The number of hydrogen-bond acceptors (Lipinski definition) is 4. The number of nitrogens with zero attached hydrogens (tertiary/aromatic N) is 1. The first kappa shape index (κ1) is 13.1. The monoisotopic (exact) mass is 246 g/mol. The predicted molar refractivity (Wildman–Crippen MR) is 62.6 cm³/mol. The van der Waals surface area contributed by atoms with Gasteiger partial charge < -0.3 is 10.3 Å². The van der Waals surface area contributed by atoms with Crippen LogP contribution in [0.3, 0.4) is 0 Å². The van der Waals surface area contributed by atoms with E-state index in [1.54, 1.807) is 19.6 Å². The fraction of sp³-hybridized carbons (Fsp3) is 0.667. The van der Waals surface area contributed by atoms with Gasteiger partial charge in [0.2, 0.25) is 10.0 Å². The molecule has 0 aliphatic carbocycles. The van der Waals surface area contributed by atoms with Crippen molar-refractivity contribution in [2.75, 3.05) is 25.9 Å². The van der Waals surface area contributed by atoms with Crippen molar-refractivity contribution in [3.8, 4) is 0 Å². The number of nitrogens with one attached hydrogen (secondary N) is 3. The van der Waals surface area contributed by atoms with Crippen molar-refractivity contribution in [2.24, 2.45) is 0 Å². The van der Waals surface area contributed by atoms with E-state index in [9.17, 15) is 8.42 Å². The van der Waals surface area contributed by atoms with Crippen LogP contribution in [-0.4, -0.2) is 44.3 Å². The van der Waals surface area contributed by atoms with Gasteiger partial charge in [-0.25, -0.2) is 18.1 Å². The molecule has 0 amide bonds. The molecule has 16 heavy (non-hydrogen) atoms. The third kappa shape index (κ3) is 5.24. The van der Waals surface area contributed by atoms with E-state index in [-0.39, 0.29) is 5.75 Å². The van der Waals surface area contributed by atoms with Crippen LogP contribution in [0.25, 0.3) is 0 Å². The van der Waals surface area contributed by atoms with Crippen LogP contribution in [0.4, 0.5) is 0 Å². The molecule has 0 aliphatic rings. The minimum atomic E-state index is -3.13. The fourth-order valence-electron chi connectivity index (χ4n) is 1.27. The summed E-state index contributed by atoms with van der Waals surface area (Å²) < 4.78 is 25.5. The number of hydrogen-bond donors (Lipinski definition) is 3. The normalized spacial score (nSPS) is 11.8. The Kier molecular flexibility index (Phi) is 5.44. The molecule has 0 saturated heterocycles. The van der Waals surface area contributed by atoms with Gasteiger partial charge in [-0.2, -0.15) is 0 Å². The van der Waals surface area contributed by atoms with Gasteiger partial charge in [-0.15, -0.1) is 0 Å². The molecule has 1 aromatic rings. The minimum Gasteiger partial charge on any atom is -0.348 e. The Morgan fingerprint density at radius 2 is 2.25 bits per heavy atom. The third-order valence-corrected chi connectivity index (χ3v) is 3.58. The second kappa shape index (κ2) is 6.62. The molecule has 0 aromatic carbocycles. The Morgan fingerprint density at radius 3 is 2.88 bits per heavy atom. The lowest BCUT2D eigenvalue weighted by molar-refractivity contribution is 0.577. The van der Waals surface area contributed by atoms with E-state index < -0.39 is 10.0 Å². The zero-order valence-electron chi connectivity index (χ0n) is 9.36. The molecule has 0 atom stereocenters. The average Bonchev–Trinajstić information content (AvgIpc) is 2.70. The van der Waals surface area contributed by atoms with Gasteiger partial charge in [0, 0.05) is 24.9 Å². The van der Waals surface area contributed by atoms with E-state index in [0.717, 1.165) is 5.69 Å². The number of imidazole rings is 1. The highest BCUT2D eigenvalue weighted by molar-refractivity contribution is 7.89. The van der Waals surface area contributed by atoms with E-state index in [1.807, 2.05) is 0 Å².